The number of nitrogens with zero attached hydrogens (tertiary/aromatic N) is 1. The summed E-state index contributed by atoms with van der Waals surface area (Å²) in [6.07, 6.45) is 0. The van der Waals surface area contributed by atoms with Crippen LogP contribution in [0, 0.1) is 19.7 Å². The lowest BCUT2D eigenvalue weighted by molar-refractivity contribution is 0.585. The first-order valence-electron chi connectivity index (χ1n) is 8.38. The fraction of sp³-hybridized carbons (Fsp3) is 0.143. The van der Waals surface area contributed by atoms with Crippen molar-refractivity contribution in [1.29, 1.82) is 0 Å². The van der Waals surface area contributed by atoms with Gasteiger partial charge >= 0.3 is 0 Å². The maximum absolute atomic E-state index is 14.4. The van der Waals surface area contributed by atoms with Crippen LogP contribution >= 0.6 is 11.6 Å². The molecule has 0 atom stereocenters. The summed E-state index contributed by atoms with van der Waals surface area (Å²) in [5.74, 6) is -0.541. The van der Waals surface area contributed by atoms with Crippen LogP contribution in [0.25, 0.3) is 0 Å². The van der Waals surface area contributed by atoms with Gasteiger partial charge in [0.1, 0.15) is 5.82 Å². The number of aryl methyl sites for hydroxylation is 2. The molecule has 3 aromatic rings. The molecule has 0 heterocycles. The molecule has 0 bridgehead atoms. The molecule has 0 aliphatic carbocycles. The van der Waals surface area contributed by atoms with Gasteiger partial charge < -0.3 is 0 Å². The summed E-state index contributed by atoms with van der Waals surface area (Å²) in [5, 5.41) is 0.188. The molecule has 3 nitrogen and oxygen atoms in total. The highest BCUT2D eigenvalue weighted by Gasteiger charge is 2.28. The Morgan fingerprint density at radius 1 is 0.963 bits per heavy atom. The van der Waals surface area contributed by atoms with Gasteiger partial charge in [0, 0.05) is 10.6 Å². The molecule has 0 saturated carbocycles. The van der Waals surface area contributed by atoms with E-state index in [0.29, 0.717) is 5.69 Å². The molecule has 140 valence electrons. The number of sulfonamides is 1. The minimum Gasteiger partial charge on any atom is -0.261 e. The zero-order valence-electron chi connectivity index (χ0n) is 15.0. The lowest BCUT2D eigenvalue weighted by Gasteiger charge is -2.27. The first-order valence-corrected chi connectivity index (χ1v) is 10.2. The van der Waals surface area contributed by atoms with Crippen LogP contribution in [0.15, 0.2) is 71.6 Å². The van der Waals surface area contributed by atoms with Crippen molar-refractivity contribution in [3.8, 4) is 0 Å². The van der Waals surface area contributed by atoms with Crippen molar-refractivity contribution in [1.82, 2.24) is 0 Å². The van der Waals surface area contributed by atoms with Crippen molar-refractivity contribution >= 4 is 27.3 Å². The lowest BCUT2D eigenvalue weighted by Crippen LogP contribution is -2.31. The first-order chi connectivity index (χ1) is 12.8. The molecule has 3 rings (SSSR count). The molecule has 0 spiro atoms. The van der Waals surface area contributed by atoms with Gasteiger partial charge in [0.2, 0.25) is 0 Å². The van der Waals surface area contributed by atoms with Crippen LogP contribution in [0.1, 0.15) is 16.7 Å². The van der Waals surface area contributed by atoms with E-state index in [1.807, 2.05) is 26.0 Å². The Labute approximate surface area is 164 Å². The molecule has 0 amide bonds. The van der Waals surface area contributed by atoms with Gasteiger partial charge in [-0.25, -0.2) is 12.8 Å². The summed E-state index contributed by atoms with van der Waals surface area (Å²) in [7, 11) is -3.92. The van der Waals surface area contributed by atoms with Crippen molar-refractivity contribution in [3.05, 3.63) is 94.3 Å². The van der Waals surface area contributed by atoms with E-state index in [-0.39, 0.29) is 22.0 Å². The van der Waals surface area contributed by atoms with Crippen molar-refractivity contribution in [3.63, 3.8) is 0 Å². The quantitative estimate of drug-likeness (QED) is 0.564. The van der Waals surface area contributed by atoms with Gasteiger partial charge in [-0.3, -0.25) is 4.31 Å². The summed E-state index contributed by atoms with van der Waals surface area (Å²) in [6, 6.07) is 18.0. The second-order valence-corrected chi connectivity index (χ2v) is 8.58. The predicted octanol–water partition coefficient (Wildman–Crippen LogP) is 5.49. The SMILES string of the molecule is Cc1ccc(C)c(N(Cc2c(F)cccc2Cl)S(=O)(=O)c2ccccc2)c1. The summed E-state index contributed by atoms with van der Waals surface area (Å²) in [5.41, 5.74) is 2.31. The van der Waals surface area contributed by atoms with E-state index < -0.39 is 15.8 Å². The standard InChI is InChI=1S/C21H19ClFNO2S/c1-15-11-12-16(2)21(13-15)24(14-18-19(22)9-6-10-20(18)23)27(25,26)17-7-4-3-5-8-17/h3-13H,14H2,1-2H3. The maximum Gasteiger partial charge on any atom is 0.264 e. The Bertz CT molecular complexity index is 1050. The minimum absolute atomic E-state index is 0.137. The van der Waals surface area contributed by atoms with Crippen molar-refractivity contribution in [2.45, 2.75) is 25.3 Å². The molecule has 0 aromatic heterocycles. The molecule has 0 unspecified atom stereocenters. The molecule has 6 heteroatoms. The van der Waals surface area contributed by atoms with Crippen LogP contribution < -0.4 is 4.31 Å². The third kappa shape index (κ3) is 3.99. The Morgan fingerprint density at radius 3 is 2.33 bits per heavy atom. The molecule has 0 fully saturated rings. The van der Waals surface area contributed by atoms with E-state index in [2.05, 4.69) is 0 Å². The Hall–Kier alpha value is -2.37. The predicted molar refractivity (Wildman–Crippen MR) is 107 cm³/mol. The van der Waals surface area contributed by atoms with E-state index in [1.54, 1.807) is 30.3 Å². The molecule has 0 saturated heterocycles. The normalized spacial score (nSPS) is 11.4. The highest BCUT2D eigenvalue weighted by molar-refractivity contribution is 7.92. The Balaban J connectivity index is 2.20. The summed E-state index contributed by atoms with van der Waals surface area (Å²) in [6.45, 7) is 3.50. The second kappa shape index (κ2) is 7.71. The zero-order valence-corrected chi connectivity index (χ0v) is 16.6. The number of rotatable bonds is 5. The molecule has 0 aliphatic heterocycles. The van der Waals surface area contributed by atoms with Crippen LogP contribution in [-0.2, 0) is 16.6 Å². The van der Waals surface area contributed by atoms with E-state index in [1.165, 1.54) is 28.6 Å². The largest absolute Gasteiger partial charge is 0.264 e. The van der Waals surface area contributed by atoms with Gasteiger partial charge in [0.25, 0.3) is 10.0 Å². The van der Waals surface area contributed by atoms with Crippen molar-refractivity contribution in [2.75, 3.05) is 4.31 Å². The summed E-state index contributed by atoms with van der Waals surface area (Å²) < 4.78 is 42.4. The van der Waals surface area contributed by atoms with Crippen LogP contribution in [0.4, 0.5) is 10.1 Å². The van der Waals surface area contributed by atoms with E-state index >= 15 is 0 Å². The van der Waals surface area contributed by atoms with E-state index in [9.17, 15) is 12.8 Å². The third-order valence-corrected chi connectivity index (χ3v) is 6.46. The monoisotopic (exact) mass is 403 g/mol. The third-order valence-electron chi connectivity index (χ3n) is 4.33. The second-order valence-electron chi connectivity index (χ2n) is 6.31. The summed E-state index contributed by atoms with van der Waals surface area (Å²) in [4.78, 5) is 0.137. The van der Waals surface area contributed by atoms with Crippen molar-refractivity contribution in [2.24, 2.45) is 0 Å². The highest BCUT2D eigenvalue weighted by atomic mass is 35.5. The van der Waals surface area contributed by atoms with Crippen LogP contribution in [0.3, 0.4) is 0 Å². The number of anilines is 1. The van der Waals surface area contributed by atoms with Crippen LogP contribution in [0.5, 0.6) is 0 Å². The first kappa shape index (κ1) is 19.4. The molecule has 0 radical (unpaired) electrons. The molecule has 27 heavy (non-hydrogen) atoms. The summed E-state index contributed by atoms with van der Waals surface area (Å²) >= 11 is 6.17. The van der Waals surface area contributed by atoms with Gasteiger partial charge in [-0.15, -0.1) is 0 Å². The average Bonchev–Trinajstić information content (AvgIpc) is 2.64. The zero-order chi connectivity index (χ0) is 19.6. The highest BCUT2D eigenvalue weighted by Crippen LogP contribution is 2.32. The number of hydrogen-bond acceptors (Lipinski definition) is 2. The molecule has 0 N–H and O–H groups in total. The topological polar surface area (TPSA) is 37.4 Å². The number of benzene rings is 3. The average molecular weight is 404 g/mol. The number of halogens is 2. The van der Waals surface area contributed by atoms with Gasteiger partial charge in [-0.1, -0.05) is 48.0 Å². The Morgan fingerprint density at radius 2 is 1.67 bits per heavy atom. The maximum atomic E-state index is 14.4. The number of hydrogen-bond donors (Lipinski definition) is 0. The molecular weight excluding hydrogens is 385 g/mol. The fourth-order valence-corrected chi connectivity index (χ4v) is 4.57. The van der Waals surface area contributed by atoms with Crippen LogP contribution in [0.2, 0.25) is 5.02 Å². The van der Waals surface area contributed by atoms with Gasteiger partial charge in [-0.2, -0.15) is 0 Å². The van der Waals surface area contributed by atoms with Crippen molar-refractivity contribution < 1.29 is 12.8 Å². The smallest absolute Gasteiger partial charge is 0.261 e. The molecular formula is C21H19ClFNO2S. The van der Waals surface area contributed by atoms with Gasteiger partial charge in [-0.05, 0) is 55.3 Å². The van der Waals surface area contributed by atoms with E-state index in [0.717, 1.165) is 11.1 Å². The Kier molecular flexibility index (Phi) is 5.53. The van der Waals surface area contributed by atoms with E-state index in [4.69, 9.17) is 11.6 Å². The lowest BCUT2D eigenvalue weighted by atomic mass is 10.1. The minimum atomic E-state index is -3.92. The van der Waals surface area contributed by atoms with Crippen LogP contribution in [-0.4, -0.2) is 8.42 Å². The fourth-order valence-electron chi connectivity index (χ4n) is 2.83. The molecule has 0 aliphatic rings. The van der Waals surface area contributed by atoms with Gasteiger partial charge in [0.05, 0.1) is 17.1 Å². The van der Waals surface area contributed by atoms with Gasteiger partial charge in [0.15, 0.2) is 0 Å². The molecule has 3 aromatic carbocycles.